The smallest absolute Gasteiger partial charge is 0.122 e. The van der Waals surface area contributed by atoms with E-state index < -0.39 is 6.10 Å². The van der Waals surface area contributed by atoms with Gasteiger partial charge in [0.1, 0.15) is 5.75 Å². The quantitative estimate of drug-likeness (QED) is 0.862. The first-order valence-corrected chi connectivity index (χ1v) is 5.78. The van der Waals surface area contributed by atoms with Crippen LogP contribution in [0.25, 0.3) is 0 Å². The van der Waals surface area contributed by atoms with E-state index in [0.717, 1.165) is 23.3 Å². The van der Waals surface area contributed by atoms with Crippen LogP contribution in [0.1, 0.15) is 29.6 Å². The van der Waals surface area contributed by atoms with Gasteiger partial charge in [0.2, 0.25) is 0 Å². The minimum absolute atomic E-state index is 0.0811. The molecule has 17 heavy (non-hydrogen) atoms. The van der Waals surface area contributed by atoms with Crippen LogP contribution in [0.15, 0.2) is 47.3 Å². The van der Waals surface area contributed by atoms with Gasteiger partial charge in [-0.1, -0.05) is 18.2 Å². The van der Waals surface area contributed by atoms with Crippen LogP contribution < -0.4 is 4.74 Å². The number of hydrogen-bond donors (Lipinski definition) is 1. The summed E-state index contributed by atoms with van der Waals surface area (Å²) >= 11 is 0. The maximum atomic E-state index is 10.4. The lowest BCUT2D eigenvalue weighted by atomic mass is 9.86. The molecule has 88 valence electrons. The summed E-state index contributed by atoms with van der Waals surface area (Å²) in [7, 11) is 0. The lowest BCUT2D eigenvalue weighted by Gasteiger charge is -2.29. The third-order valence-electron chi connectivity index (χ3n) is 3.27. The monoisotopic (exact) mass is 230 g/mol. The largest absolute Gasteiger partial charge is 0.493 e. The Morgan fingerprint density at radius 1 is 1.24 bits per heavy atom. The number of rotatable bonds is 2. The molecule has 0 saturated carbocycles. The molecule has 2 unspecified atom stereocenters. The molecule has 0 amide bonds. The fourth-order valence-electron chi connectivity index (χ4n) is 2.37. The number of furan rings is 1. The van der Waals surface area contributed by atoms with Crippen LogP contribution in [0, 0.1) is 0 Å². The number of ether oxygens (including phenoxy) is 1. The first kappa shape index (κ1) is 10.4. The standard InChI is InChI=1S/C14H14O3/c15-14(10-5-7-16-9-10)12-6-8-17-13-4-2-1-3-11(12)13/h1-5,7,9,12,14-15H,6,8H2. The average molecular weight is 230 g/mol. The Morgan fingerprint density at radius 3 is 2.94 bits per heavy atom. The highest BCUT2D eigenvalue weighted by Gasteiger charge is 2.28. The maximum Gasteiger partial charge on any atom is 0.122 e. The van der Waals surface area contributed by atoms with Gasteiger partial charge in [-0.15, -0.1) is 0 Å². The van der Waals surface area contributed by atoms with Crippen LogP contribution >= 0.6 is 0 Å². The molecule has 0 fully saturated rings. The van der Waals surface area contributed by atoms with Gasteiger partial charge < -0.3 is 14.3 Å². The predicted octanol–water partition coefficient (Wildman–Crippen LogP) is 2.88. The number of benzene rings is 1. The van der Waals surface area contributed by atoms with Gasteiger partial charge >= 0.3 is 0 Å². The summed E-state index contributed by atoms with van der Waals surface area (Å²) in [6, 6.07) is 9.70. The number of aliphatic hydroxyl groups is 1. The van der Waals surface area contributed by atoms with Gasteiger partial charge in [-0.05, 0) is 18.6 Å². The van der Waals surface area contributed by atoms with E-state index in [9.17, 15) is 5.11 Å². The first-order chi connectivity index (χ1) is 8.36. The van der Waals surface area contributed by atoms with Crippen LogP contribution in [0.4, 0.5) is 0 Å². The summed E-state index contributed by atoms with van der Waals surface area (Å²) in [6.07, 6.45) is 3.48. The summed E-state index contributed by atoms with van der Waals surface area (Å²) in [6.45, 7) is 0.649. The number of aliphatic hydroxyl groups excluding tert-OH is 1. The molecule has 0 bridgehead atoms. The summed E-state index contributed by atoms with van der Waals surface area (Å²) in [5.74, 6) is 0.962. The van der Waals surface area contributed by atoms with Crippen molar-refractivity contribution in [3.05, 3.63) is 54.0 Å². The summed E-state index contributed by atoms with van der Waals surface area (Å²) in [5.41, 5.74) is 1.90. The minimum atomic E-state index is -0.529. The van der Waals surface area contributed by atoms with Crippen molar-refractivity contribution in [1.82, 2.24) is 0 Å². The molecule has 0 radical (unpaired) electrons. The third kappa shape index (κ3) is 1.83. The van der Waals surface area contributed by atoms with Crippen molar-refractivity contribution in [2.75, 3.05) is 6.61 Å². The second kappa shape index (κ2) is 4.26. The van der Waals surface area contributed by atoms with E-state index in [1.165, 1.54) is 0 Å². The van der Waals surface area contributed by atoms with Crippen LogP contribution in [0.3, 0.4) is 0 Å². The molecule has 0 aliphatic carbocycles. The number of fused-ring (bicyclic) bond motifs is 1. The van der Waals surface area contributed by atoms with Gasteiger partial charge in [-0.2, -0.15) is 0 Å². The number of hydrogen-bond acceptors (Lipinski definition) is 3. The van der Waals surface area contributed by atoms with Crippen molar-refractivity contribution in [2.24, 2.45) is 0 Å². The van der Waals surface area contributed by atoms with E-state index in [4.69, 9.17) is 9.15 Å². The van der Waals surface area contributed by atoms with E-state index in [1.54, 1.807) is 12.5 Å². The molecule has 1 aliphatic rings. The van der Waals surface area contributed by atoms with Crippen molar-refractivity contribution in [3.8, 4) is 5.75 Å². The molecule has 2 heterocycles. The summed E-state index contributed by atoms with van der Waals surface area (Å²) < 4.78 is 10.6. The van der Waals surface area contributed by atoms with Crippen LogP contribution in [0.2, 0.25) is 0 Å². The van der Waals surface area contributed by atoms with Crippen LogP contribution in [0.5, 0.6) is 5.75 Å². The average Bonchev–Trinajstić information content (AvgIpc) is 2.91. The van der Waals surface area contributed by atoms with E-state index >= 15 is 0 Å². The van der Waals surface area contributed by atoms with Gasteiger partial charge in [-0.25, -0.2) is 0 Å². The zero-order chi connectivity index (χ0) is 11.7. The van der Waals surface area contributed by atoms with Crippen molar-refractivity contribution >= 4 is 0 Å². The van der Waals surface area contributed by atoms with E-state index in [2.05, 4.69) is 0 Å². The van der Waals surface area contributed by atoms with Crippen LogP contribution in [-0.4, -0.2) is 11.7 Å². The van der Waals surface area contributed by atoms with Crippen molar-refractivity contribution in [2.45, 2.75) is 18.4 Å². The Morgan fingerprint density at radius 2 is 2.12 bits per heavy atom. The van der Waals surface area contributed by atoms with E-state index in [-0.39, 0.29) is 5.92 Å². The molecule has 2 atom stereocenters. The molecule has 0 spiro atoms. The second-order valence-electron chi connectivity index (χ2n) is 4.28. The Kier molecular flexibility index (Phi) is 2.61. The Balaban J connectivity index is 1.95. The molecule has 3 rings (SSSR count). The van der Waals surface area contributed by atoms with Crippen molar-refractivity contribution < 1.29 is 14.3 Å². The molecular formula is C14H14O3. The first-order valence-electron chi connectivity index (χ1n) is 5.78. The Hall–Kier alpha value is -1.74. The van der Waals surface area contributed by atoms with Gasteiger partial charge in [0, 0.05) is 17.0 Å². The highest BCUT2D eigenvalue weighted by atomic mass is 16.5. The van der Waals surface area contributed by atoms with Gasteiger partial charge in [0.15, 0.2) is 0 Å². The highest BCUT2D eigenvalue weighted by molar-refractivity contribution is 5.39. The topological polar surface area (TPSA) is 42.6 Å². The molecule has 3 heteroatoms. The van der Waals surface area contributed by atoms with Gasteiger partial charge in [0.05, 0.1) is 25.2 Å². The molecule has 2 aromatic rings. The maximum absolute atomic E-state index is 10.4. The number of para-hydroxylation sites is 1. The van der Waals surface area contributed by atoms with Gasteiger partial charge in [0.25, 0.3) is 0 Å². The molecule has 0 saturated heterocycles. The predicted molar refractivity (Wildman–Crippen MR) is 63.0 cm³/mol. The van der Waals surface area contributed by atoms with E-state index in [1.807, 2.05) is 30.3 Å². The summed E-state index contributed by atoms with van der Waals surface area (Å²) in [5, 5.41) is 10.4. The van der Waals surface area contributed by atoms with Crippen LogP contribution in [-0.2, 0) is 0 Å². The minimum Gasteiger partial charge on any atom is -0.493 e. The molecule has 1 aromatic carbocycles. The van der Waals surface area contributed by atoms with Gasteiger partial charge in [-0.3, -0.25) is 0 Å². The summed E-state index contributed by atoms with van der Waals surface area (Å²) in [4.78, 5) is 0. The van der Waals surface area contributed by atoms with Crippen molar-refractivity contribution in [1.29, 1.82) is 0 Å². The zero-order valence-electron chi connectivity index (χ0n) is 9.37. The molecule has 1 aliphatic heterocycles. The molecule has 3 nitrogen and oxygen atoms in total. The lowest BCUT2D eigenvalue weighted by Crippen LogP contribution is -2.19. The Labute approximate surface area is 99.6 Å². The molecular weight excluding hydrogens is 216 g/mol. The fourth-order valence-corrected chi connectivity index (χ4v) is 2.37. The SMILES string of the molecule is OC(c1ccoc1)C1CCOc2ccccc21. The van der Waals surface area contributed by atoms with E-state index in [0.29, 0.717) is 6.61 Å². The van der Waals surface area contributed by atoms with Crippen molar-refractivity contribution in [3.63, 3.8) is 0 Å². The fraction of sp³-hybridized carbons (Fsp3) is 0.286. The zero-order valence-corrected chi connectivity index (χ0v) is 9.37. The lowest BCUT2D eigenvalue weighted by molar-refractivity contribution is 0.117. The third-order valence-corrected chi connectivity index (χ3v) is 3.27. The highest BCUT2D eigenvalue weighted by Crippen LogP contribution is 2.41. The second-order valence-corrected chi connectivity index (χ2v) is 4.28. The molecule has 1 aromatic heterocycles. The molecule has 1 N–H and O–H groups in total. The Bertz CT molecular complexity index is 490. The normalized spacial score (nSPS) is 20.4.